The van der Waals surface area contributed by atoms with Crippen molar-refractivity contribution < 1.29 is 9.53 Å². The Morgan fingerprint density at radius 1 is 1.75 bits per heavy atom. The van der Waals surface area contributed by atoms with Crippen molar-refractivity contribution in [1.82, 2.24) is 9.88 Å². The second-order valence-electron chi connectivity index (χ2n) is 3.79. The van der Waals surface area contributed by atoms with Crippen LogP contribution in [0.5, 0.6) is 0 Å². The molecule has 1 heterocycles. The average Bonchev–Trinajstić information content (AvgIpc) is 3.01. The zero-order valence-electron chi connectivity index (χ0n) is 9.18. The van der Waals surface area contributed by atoms with E-state index in [4.69, 9.17) is 10.5 Å². The van der Waals surface area contributed by atoms with Gasteiger partial charge in [-0.15, -0.1) is 11.3 Å². The largest absolute Gasteiger partial charge is 0.383 e. The van der Waals surface area contributed by atoms with Crippen LogP contribution in [-0.2, 0) is 4.74 Å². The predicted octanol–water partition coefficient (Wildman–Crippen LogP) is 0.976. The SMILES string of the molecule is COCCN(C(=O)c1csc(N)n1)C1CC1. The van der Waals surface area contributed by atoms with Crippen LogP contribution in [0.1, 0.15) is 23.3 Å². The van der Waals surface area contributed by atoms with Gasteiger partial charge in [0.05, 0.1) is 6.61 Å². The Morgan fingerprint density at radius 2 is 2.50 bits per heavy atom. The lowest BCUT2D eigenvalue weighted by Crippen LogP contribution is -2.36. The third kappa shape index (κ3) is 2.51. The van der Waals surface area contributed by atoms with Crippen LogP contribution >= 0.6 is 11.3 Å². The lowest BCUT2D eigenvalue weighted by atomic mass is 10.3. The number of carbonyl (C=O) groups is 1. The van der Waals surface area contributed by atoms with Gasteiger partial charge in [-0.2, -0.15) is 0 Å². The lowest BCUT2D eigenvalue weighted by Gasteiger charge is -2.20. The molecular formula is C10H15N3O2S. The average molecular weight is 241 g/mol. The molecule has 0 bridgehead atoms. The minimum Gasteiger partial charge on any atom is -0.383 e. The number of carbonyl (C=O) groups excluding carboxylic acids is 1. The number of nitrogens with two attached hydrogens (primary N) is 1. The van der Waals surface area contributed by atoms with E-state index < -0.39 is 0 Å². The Bertz CT molecular complexity index is 376. The van der Waals surface area contributed by atoms with E-state index in [1.165, 1.54) is 11.3 Å². The molecule has 0 unspecified atom stereocenters. The van der Waals surface area contributed by atoms with E-state index in [9.17, 15) is 4.79 Å². The second kappa shape index (κ2) is 4.80. The van der Waals surface area contributed by atoms with Gasteiger partial charge in [0.2, 0.25) is 0 Å². The molecule has 1 fully saturated rings. The summed E-state index contributed by atoms with van der Waals surface area (Å²) in [6.07, 6.45) is 2.16. The molecule has 2 N–H and O–H groups in total. The van der Waals surface area contributed by atoms with E-state index in [0.29, 0.717) is 30.0 Å². The second-order valence-corrected chi connectivity index (χ2v) is 4.68. The van der Waals surface area contributed by atoms with Gasteiger partial charge in [0.15, 0.2) is 5.13 Å². The summed E-state index contributed by atoms with van der Waals surface area (Å²) in [7, 11) is 1.64. The Kier molecular flexibility index (Phi) is 3.40. The summed E-state index contributed by atoms with van der Waals surface area (Å²) in [6, 6.07) is 0.366. The highest BCUT2D eigenvalue weighted by molar-refractivity contribution is 7.13. The molecule has 1 saturated carbocycles. The number of nitrogen functional groups attached to an aromatic ring is 1. The smallest absolute Gasteiger partial charge is 0.273 e. The standard InChI is InChI=1S/C10H15N3O2S/c1-15-5-4-13(7-2-3-7)9(14)8-6-16-10(11)12-8/h6-7H,2-5H2,1H3,(H2,11,12). The van der Waals surface area contributed by atoms with E-state index in [-0.39, 0.29) is 5.91 Å². The minimum absolute atomic E-state index is 0.0347. The van der Waals surface area contributed by atoms with Crippen molar-refractivity contribution in [2.75, 3.05) is 26.0 Å². The van der Waals surface area contributed by atoms with Gasteiger partial charge in [-0.05, 0) is 12.8 Å². The molecule has 1 aromatic rings. The van der Waals surface area contributed by atoms with Crippen molar-refractivity contribution in [1.29, 1.82) is 0 Å². The van der Waals surface area contributed by atoms with Crippen LogP contribution < -0.4 is 5.73 Å². The lowest BCUT2D eigenvalue weighted by molar-refractivity contribution is 0.0675. The molecule has 0 aliphatic heterocycles. The van der Waals surface area contributed by atoms with Crippen LogP contribution in [0.25, 0.3) is 0 Å². The summed E-state index contributed by atoms with van der Waals surface area (Å²) in [5.41, 5.74) is 5.97. The maximum Gasteiger partial charge on any atom is 0.273 e. The summed E-state index contributed by atoms with van der Waals surface area (Å²) in [6.45, 7) is 1.18. The fourth-order valence-corrected chi connectivity index (χ4v) is 2.10. The van der Waals surface area contributed by atoms with Gasteiger partial charge in [-0.3, -0.25) is 4.79 Å². The van der Waals surface area contributed by atoms with Crippen molar-refractivity contribution in [3.63, 3.8) is 0 Å². The van der Waals surface area contributed by atoms with E-state index >= 15 is 0 Å². The van der Waals surface area contributed by atoms with E-state index in [1.807, 2.05) is 4.90 Å². The molecule has 0 saturated heterocycles. The number of amides is 1. The molecular weight excluding hydrogens is 226 g/mol. The first-order valence-corrected chi connectivity index (χ1v) is 6.11. The highest BCUT2D eigenvalue weighted by Gasteiger charge is 2.33. The molecule has 88 valence electrons. The molecule has 5 nitrogen and oxygen atoms in total. The first-order valence-electron chi connectivity index (χ1n) is 5.23. The van der Waals surface area contributed by atoms with Crippen molar-refractivity contribution >= 4 is 22.4 Å². The number of hydrogen-bond donors (Lipinski definition) is 1. The van der Waals surface area contributed by atoms with Crippen LogP contribution in [0.4, 0.5) is 5.13 Å². The van der Waals surface area contributed by atoms with Crippen molar-refractivity contribution in [2.45, 2.75) is 18.9 Å². The number of anilines is 1. The van der Waals surface area contributed by atoms with Gasteiger partial charge >= 0.3 is 0 Å². The summed E-state index contributed by atoms with van der Waals surface area (Å²) in [5, 5.41) is 2.14. The molecule has 1 aliphatic rings. The third-order valence-corrected chi connectivity index (χ3v) is 3.20. The molecule has 0 radical (unpaired) electrons. The van der Waals surface area contributed by atoms with Crippen molar-refractivity contribution in [3.05, 3.63) is 11.1 Å². The topological polar surface area (TPSA) is 68.5 Å². The van der Waals surface area contributed by atoms with Crippen molar-refractivity contribution in [3.8, 4) is 0 Å². The van der Waals surface area contributed by atoms with Gasteiger partial charge in [0, 0.05) is 25.1 Å². The molecule has 2 rings (SSSR count). The van der Waals surface area contributed by atoms with Crippen molar-refractivity contribution in [2.24, 2.45) is 0 Å². The predicted molar refractivity (Wildman–Crippen MR) is 62.5 cm³/mol. The number of nitrogens with zero attached hydrogens (tertiary/aromatic N) is 2. The number of hydrogen-bond acceptors (Lipinski definition) is 5. The molecule has 0 aromatic carbocycles. The highest BCUT2D eigenvalue weighted by atomic mass is 32.1. The van der Waals surface area contributed by atoms with Crippen LogP contribution in [0.3, 0.4) is 0 Å². The Balaban J connectivity index is 2.04. The van der Waals surface area contributed by atoms with Crippen LogP contribution in [0, 0.1) is 0 Å². The molecule has 1 aromatic heterocycles. The zero-order valence-corrected chi connectivity index (χ0v) is 10.00. The highest BCUT2D eigenvalue weighted by Crippen LogP contribution is 2.28. The van der Waals surface area contributed by atoms with Gasteiger partial charge < -0.3 is 15.4 Å². The minimum atomic E-state index is -0.0347. The Labute approximate surface area is 98.2 Å². The molecule has 6 heteroatoms. The summed E-state index contributed by atoms with van der Waals surface area (Å²) < 4.78 is 5.01. The summed E-state index contributed by atoms with van der Waals surface area (Å²) >= 11 is 1.29. The van der Waals surface area contributed by atoms with Crippen LogP contribution in [0.15, 0.2) is 5.38 Å². The number of ether oxygens (including phenoxy) is 1. The number of thiazole rings is 1. The first-order chi connectivity index (χ1) is 7.72. The van der Waals surface area contributed by atoms with Crippen LogP contribution in [-0.4, -0.2) is 42.1 Å². The third-order valence-electron chi connectivity index (χ3n) is 2.53. The monoisotopic (exact) mass is 241 g/mol. The van der Waals surface area contributed by atoms with Gasteiger partial charge in [0.25, 0.3) is 5.91 Å². The Hall–Kier alpha value is -1.14. The summed E-state index contributed by atoms with van der Waals surface area (Å²) in [4.78, 5) is 17.9. The number of aromatic nitrogens is 1. The van der Waals surface area contributed by atoms with Crippen LogP contribution in [0.2, 0.25) is 0 Å². The van der Waals surface area contributed by atoms with E-state index in [0.717, 1.165) is 12.8 Å². The quantitative estimate of drug-likeness (QED) is 0.834. The molecule has 1 amide bonds. The molecule has 0 atom stereocenters. The van der Waals surface area contributed by atoms with Gasteiger partial charge in [0.1, 0.15) is 5.69 Å². The van der Waals surface area contributed by atoms with E-state index in [1.54, 1.807) is 12.5 Å². The van der Waals surface area contributed by atoms with Gasteiger partial charge in [-0.25, -0.2) is 4.98 Å². The molecule has 16 heavy (non-hydrogen) atoms. The van der Waals surface area contributed by atoms with E-state index in [2.05, 4.69) is 4.98 Å². The molecule has 1 aliphatic carbocycles. The normalized spacial score (nSPS) is 15.1. The number of methoxy groups -OCH3 is 1. The molecule has 0 spiro atoms. The Morgan fingerprint density at radius 3 is 3.00 bits per heavy atom. The number of rotatable bonds is 5. The van der Waals surface area contributed by atoms with Gasteiger partial charge in [-0.1, -0.05) is 0 Å². The first kappa shape index (κ1) is 11.3. The fraction of sp³-hybridized carbons (Fsp3) is 0.600. The maximum atomic E-state index is 12.1. The zero-order chi connectivity index (χ0) is 11.5. The fourth-order valence-electron chi connectivity index (χ4n) is 1.56. The maximum absolute atomic E-state index is 12.1. The summed E-state index contributed by atoms with van der Waals surface area (Å²) in [5.74, 6) is -0.0347.